The van der Waals surface area contributed by atoms with Gasteiger partial charge in [0.1, 0.15) is 0 Å². The van der Waals surface area contributed by atoms with Crippen LogP contribution in [0.1, 0.15) is 0 Å². The van der Waals surface area contributed by atoms with Crippen LogP contribution in [0.5, 0.6) is 0 Å². The molecule has 0 aromatic heterocycles. The Morgan fingerprint density at radius 3 is 0.600 bits per heavy atom. The van der Waals surface area contributed by atoms with Crippen LogP contribution >= 0.6 is 0 Å². The number of nitrogens with two attached hydrogens (primary N) is 1. The molecule has 0 saturated carbocycles. The van der Waals surface area contributed by atoms with Gasteiger partial charge in [0.15, 0.2) is 0 Å². The first kappa shape index (κ1) is 75.3. The maximum absolute atomic E-state index is 0. The van der Waals surface area contributed by atoms with Crippen LogP contribution in [0.4, 0.5) is 0 Å². The van der Waals surface area contributed by atoms with E-state index in [-0.39, 0.29) is 69.2 Å². The minimum Gasteiger partial charge on any atom is -1.00 e. The second-order valence-electron chi connectivity index (χ2n) is 0. The molecule has 0 fully saturated rings. The topological polar surface area (TPSA) is 33.5 Å². The first-order chi connectivity index (χ1) is 0. The fourth-order valence-electron chi connectivity index (χ4n) is 0. The molecule has 1 nitrogen and oxygen atoms in total. The predicted molar refractivity (Wildman–Crippen MR) is 5.28 cm³/mol. The number of hydrogen-bond donors (Lipinski definition) is 0. The average molecular weight is 301 g/mol. The van der Waals surface area contributed by atoms with Gasteiger partial charge in [0.05, 0.1) is 0 Å². The molecule has 5 heavy (non-hydrogen) atoms. The standard InChI is InChI=1S/3ClH.Hf.H2N/h3*1H;;1H2/q;;;+4;-1/p-3. The summed E-state index contributed by atoms with van der Waals surface area (Å²) in [6.07, 6.45) is 0. The van der Waals surface area contributed by atoms with E-state index in [0.717, 1.165) is 0 Å². The van der Waals surface area contributed by atoms with Gasteiger partial charge in [-0.15, -0.1) is 0 Å². The molecule has 0 amide bonds. The zero-order chi connectivity index (χ0) is 0. The van der Waals surface area contributed by atoms with E-state index in [9.17, 15) is 0 Å². The van der Waals surface area contributed by atoms with Crippen LogP contribution in [0.15, 0.2) is 0 Å². The third kappa shape index (κ3) is 27.0. The predicted octanol–water partition coefficient (Wildman–Crippen LogP) is -8.27. The van der Waals surface area contributed by atoms with Crippen molar-refractivity contribution in [3.05, 3.63) is 6.15 Å². The van der Waals surface area contributed by atoms with Gasteiger partial charge in [-0.1, -0.05) is 0 Å². The maximum Gasteiger partial charge on any atom is 4.00 e. The molecule has 0 aromatic rings. The quantitative estimate of drug-likeness (QED) is 0.398. The van der Waals surface area contributed by atoms with Crippen LogP contribution in [0.3, 0.4) is 0 Å². The Balaban J connectivity index is 0. The van der Waals surface area contributed by atoms with E-state index in [0.29, 0.717) is 0 Å². The van der Waals surface area contributed by atoms with Crippen molar-refractivity contribution in [1.82, 2.24) is 0 Å². The first-order valence-electron chi connectivity index (χ1n) is 0. The summed E-state index contributed by atoms with van der Waals surface area (Å²) in [5.74, 6) is 0. The van der Waals surface area contributed by atoms with Crippen molar-refractivity contribution < 1.29 is 63.1 Å². The molecular formula is H2Cl3HfN. The van der Waals surface area contributed by atoms with Gasteiger partial charge < -0.3 is 43.4 Å². The normalized spacial score (nSPS) is 0. The van der Waals surface area contributed by atoms with Gasteiger partial charge in [0.25, 0.3) is 0 Å². The Labute approximate surface area is 68.9 Å². The van der Waals surface area contributed by atoms with Crippen molar-refractivity contribution in [3.63, 3.8) is 0 Å². The molecule has 0 unspecified atom stereocenters. The Bertz CT molecular complexity index is 6.85. The molecule has 2 N–H and O–H groups in total. The van der Waals surface area contributed by atoms with E-state index in [1.807, 2.05) is 0 Å². The summed E-state index contributed by atoms with van der Waals surface area (Å²) in [6.45, 7) is 0. The Morgan fingerprint density at radius 2 is 0.600 bits per heavy atom. The van der Waals surface area contributed by atoms with E-state index in [2.05, 4.69) is 0 Å². The smallest absolute Gasteiger partial charge is 1.00 e. The Kier molecular flexibility index (Phi) is 656. The van der Waals surface area contributed by atoms with E-state index >= 15 is 0 Å². The summed E-state index contributed by atoms with van der Waals surface area (Å²) < 4.78 is 0. The van der Waals surface area contributed by atoms with Gasteiger partial charge in [0, 0.05) is 0 Å². The van der Waals surface area contributed by atoms with Crippen LogP contribution in [0, 0.1) is 0 Å². The Morgan fingerprint density at radius 1 is 0.600 bits per heavy atom. The van der Waals surface area contributed by atoms with E-state index in [4.69, 9.17) is 0 Å². The monoisotopic (exact) mass is 301 g/mol. The molecular weight excluding hydrogens is 299 g/mol. The zero-order valence-electron chi connectivity index (χ0n) is 2.21. The molecule has 0 aromatic carbocycles. The number of hydrogen-bond acceptors (Lipinski definition) is 0. The molecule has 0 radical (unpaired) electrons. The molecule has 0 atom stereocenters. The van der Waals surface area contributed by atoms with E-state index in [1.165, 1.54) is 0 Å². The summed E-state index contributed by atoms with van der Waals surface area (Å²) in [7, 11) is 0. The van der Waals surface area contributed by atoms with Crippen LogP contribution in [0.2, 0.25) is 0 Å². The summed E-state index contributed by atoms with van der Waals surface area (Å²) in [4.78, 5) is 0. The minimum atomic E-state index is 0. The maximum atomic E-state index is 0. The minimum absolute atomic E-state index is 0. The summed E-state index contributed by atoms with van der Waals surface area (Å²) >= 11 is 0. The molecule has 0 saturated heterocycles. The summed E-state index contributed by atoms with van der Waals surface area (Å²) in [5, 5.41) is 0. The van der Waals surface area contributed by atoms with E-state index in [1.54, 1.807) is 0 Å². The molecule has 32 valence electrons. The van der Waals surface area contributed by atoms with Crippen LogP contribution in [0.25, 0.3) is 6.15 Å². The molecule has 5 heteroatoms. The van der Waals surface area contributed by atoms with Gasteiger partial charge in [-0.25, -0.2) is 0 Å². The van der Waals surface area contributed by atoms with Crippen molar-refractivity contribution >= 4 is 0 Å². The third-order valence-corrected chi connectivity index (χ3v) is 0. The third-order valence-electron chi connectivity index (χ3n) is 0. The van der Waals surface area contributed by atoms with Crippen molar-refractivity contribution in [3.8, 4) is 0 Å². The van der Waals surface area contributed by atoms with Crippen molar-refractivity contribution in [1.29, 1.82) is 0 Å². The molecule has 0 spiro atoms. The van der Waals surface area contributed by atoms with Gasteiger partial charge in [0.2, 0.25) is 0 Å². The fourth-order valence-corrected chi connectivity index (χ4v) is 0. The molecule has 0 rings (SSSR count). The van der Waals surface area contributed by atoms with Crippen molar-refractivity contribution in [2.75, 3.05) is 0 Å². The molecule has 0 aliphatic rings. The summed E-state index contributed by atoms with van der Waals surface area (Å²) in [5.41, 5.74) is 0. The van der Waals surface area contributed by atoms with E-state index < -0.39 is 0 Å². The molecule has 0 aliphatic heterocycles. The zero-order valence-corrected chi connectivity index (χ0v) is 8.07. The van der Waals surface area contributed by atoms with Crippen LogP contribution in [-0.4, -0.2) is 0 Å². The number of halogens is 3. The van der Waals surface area contributed by atoms with Crippen LogP contribution in [-0.2, 0) is 25.8 Å². The second-order valence-corrected chi connectivity index (χ2v) is 0. The SMILES string of the molecule is [Cl-].[Cl-].[Cl-].[Hf+4].[NH2-]. The summed E-state index contributed by atoms with van der Waals surface area (Å²) in [6, 6.07) is 0. The van der Waals surface area contributed by atoms with Gasteiger partial charge in [-0.2, -0.15) is 0 Å². The largest absolute Gasteiger partial charge is 4.00 e. The second kappa shape index (κ2) is 43.6. The van der Waals surface area contributed by atoms with Gasteiger partial charge in [-0.05, 0) is 0 Å². The molecule has 0 bridgehead atoms. The van der Waals surface area contributed by atoms with Crippen molar-refractivity contribution in [2.24, 2.45) is 0 Å². The fraction of sp³-hybridized carbons (Fsp3) is 0. The average Bonchev–Trinajstić information content (AvgIpc) is 0. The van der Waals surface area contributed by atoms with Gasteiger partial charge >= 0.3 is 25.8 Å². The Hall–Kier alpha value is 1.70. The molecule has 0 aliphatic carbocycles. The van der Waals surface area contributed by atoms with Gasteiger partial charge in [-0.3, -0.25) is 0 Å². The molecule has 0 heterocycles. The van der Waals surface area contributed by atoms with Crippen molar-refractivity contribution in [2.45, 2.75) is 0 Å². The number of rotatable bonds is 0. The van der Waals surface area contributed by atoms with Crippen LogP contribution < -0.4 is 37.2 Å². The first-order valence-corrected chi connectivity index (χ1v) is 0.